The van der Waals surface area contributed by atoms with Gasteiger partial charge >= 0.3 is 0 Å². The fourth-order valence-electron chi connectivity index (χ4n) is 1.17. The molecule has 0 radical (unpaired) electrons. The molecule has 0 saturated carbocycles. The third-order valence-electron chi connectivity index (χ3n) is 1.94. The van der Waals surface area contributed by atoms with E-state index in [1.807, 2.05) is 0 Å². The molecule has 0 amide bonds. The Morgan fingerprint density at radius 3 is 2.80 bits per heavy atom. The lowest BCUT2D eigenvalue weighted by molar-refractivity contribution is 0.196. The van der Waals surface area contributed by atoms with Crippen molar-refractivity contribution in [2.45, 2.75) is 6.04 Å². The smallest absolute Gasteiger partial charge is 0.0843 e. The fourth-order valence-corrected chi connectivity index (χ4v) is 3.35. The van der Waals surface area contributed by atoms with E-state index in [4.69, 9.17) is 10.5 Å². The third-order valence-corrected chi connectivity index (χ3v) is 5.31. The Bertz CT molecular complexity index is 287. The SMILES string of the molecule is COCCNC(CN)c1cc(Br)c(Br)s1. The molecule has 6 heteroatoms. The number of hydrogen-bond acceptors (Lipinski definition) is 4. The summed E-state index contributed by atoms with van der Waals surface area (Å²) in [5.74, 6) is 0. The lowest BCUT2D eigenvalue weighted by Crippen LogP contribution is -2.30. The number of ether oxygens (including phenoxy) is 1. The van der Waals surface area contributed by atoms with Gasteiger partial charge in [0.15, 0.2) is 0 Å². The summed E-state index contributed by atoms with van der Waals surface area (Å²) in [5.41, 5.74) is 5.72. The van der Waals surface area contributed by atoms with E-state index >= 15 is 0 Å². The standard InChI is InChI=1S/C9H14Br2N2OS/c1-14-3-2-13-7(5-12)8-4-6(10)9(11)15-8/h4,7,13H,2-3,5,12H2,1H3. The lowest BCUT2D eigenvalue weighted by Gasteiger charge is -2.14. The van der Waals surface area contributed by atoms with Crippen LogP contribution in [0.3, 0.4) is 0 Å². The number of rotatable bonds is 6. The van der Waals surface area contributed by atoms with Crippen LogP contribution in [0.4, 0.5) is 0 Å². The van der Waals surface area contributed by atoms with E-state index in [0.717, 1.165) is 14.8 Å². The van der Waals surface area contributed by atoms with Gasteiger partial charge < -0.3 is 15.8 Å². The molecule has 1 atom stereocenters. The first kappa shape index (κ1) is 13.6. The Kier molecular flexibility index (Phi) is 6.33. The van der Waals surface area contributed by atoms with Crippen LogP contribution in [0, 0.1) is 0 Å². The number of thiophene rings is 1. The third kappa shape index (κ3) is 4.13. The zero-order valence-electron chi connectivity index (χ0n) is 8.43. The largest absolute Gasteiger partial charge is 0.383 e. The highest BCUT2D eigenvalue weighted by Crippen LogP contribution is 2.35. The predicted molar refractivity (Wildman–Crippen MR) is 71.4 cm³/mol. The zero-order valence-corrected chi connectivity index (χ0v) is 12.4. The monoisotopic (exact) mass is 356 g/mol. The van der Waals surface area contributed by atoms with Crippen LogP contribution in [0.1, 0.15) is 10.9 Å². The summed E-state index contributed by atoms with van der Waals surface area (Å²) in [6, 6.07) is 2.29. The zero-order chi connectivity index (χ0) is 11.3. The van der Waals surface area contributed by atoms with Gasteiger partial charge in [0.05, 0.1) is 16.4 Å². The molecule has 1 aromatic rings. The second kappa shape index (κ2) is 6.98. The Hall–Kier alpha value is 0.540. The van der Waals surface area contributed by atoms with Crippen LogP contribution in [0.25, 0.3) is 0 Å². The quantitative estimate of drug-likeness (QED) is 0.769. The van der Waals surface area contributed by atoms with E-state index < -0.39 is 0 Å². The van der Waals surface area contributed by atoms with E-state index in [1.165, 1.54) is 4.88 Å². The van der Waals surface area contributed by atoms with E-state index in [9.17, 15) is 0 Å². The molecular weight excluding hydrogens is 344 g/mol. The van der Waals surface area contributed by atoms with Crippen LogP contribution in [-0.2, 0) is 4.74 Å². The summed E-state index contributed by atoms with van der Waals surface area (Å²) in [6.45, 7) is 2.10. The fraction of sp³-hybridized carbons (Fsp3) is 0.556. The van der Waals surface area contributed by atoms with Crippen molar-refractivity contribution < 1.29 is 4.74 Å². The Labute approximate surface area is 111 Å². The second-order valence-electron chi connectivity index (χ2n) is 3.01. The molecule has 0 fully saturated rings. The molecule has 0 spiro atoms. The summed E-state index contributed by atoms with van der Waals surface area (Å²) in [6.07, 6.45) is 0. The van der Waals surface area contributed by atoms with Crippen LogP contribution in [0.5, 0.6) is 0 Å². The summed E-state index contributed by atoms with van der Waals surface area (Å²) >= 11 is 8.63. The van der Waals surface area contributed by atoms with E-state index in [0.29, 0.717) is 13.2 Å². The van der Waals surface area contributed by atoms with Crippen molar-refractivity contribution in [2.75, 3.05) is 26.8 Å². The average molecular weight is 358 g/mol. The minimum Gasteiger partial charge on any atom is -0.383 e. The van der Waals surface area contributed by atoms with Crippen molar-refractivity contribution in [3.63, 3.8) is 0 Å². The summed E-state index contributed by atoms with van der Waals surface area (Å²) < 4.78 is 7.16. The molecule has 15 heavy (non-hydrogen) atoms. The molecule has 0 aliphatic rings. The lowest BCUT2D eigenvalue weighted by atomic mass is 10.2. The average Bonchev–Trinajstić information content (AvgIpc) is 2.54. The van der Waals surface area contributed by atoms with Gasteiger partial charge in [-0.1, -0.05) is 0 Å². The summed E-state index contributed by atoms with van der Waals surface area (Å²) in [5, 5.41) is 3.35. The molecule has 1 unspecified atom stereocenters. The van der Waals surface area contributed by atoms with Crippen molar-refractivity contribution in [1.29, 1.82) is 0 Å². The number of nitrogens with one attached hydrogen (secondary N) is 1. The van der Waals surface area contributed by atoms with Gasteiger partial charge in [0.1, 0.15) is 0 Å². The molecule has 0 aliphatic heterocycles. The summed E-state index contributed by atoms with van der Waals surface area (Å²) in [4.78, 5) is 1.23. The number of methoxy groups -OCH3 is 1. The Morgan fingerprint density at radius 2 is 2.33 bits per heavy atom. The van der Waals surface area contributed by atoms with Gasteiger partial charge in [0, 0.05) is 29.5 Å². The molecular formula is C9H14Br2N2OS. The molecule has 1 heterocycles. The van der Waals surface area contributed by atoms with Gasteiger partial charge in [-0.15, -0.1) is 11.3 Å². The van der Waals surface area contributed by atoms with Crippen LogP contribution in [0.2, 0.25) is 0 Å². The molecule has 1 aromatic heterocycles. The molecule has 3 nitrogen and oxygen atoms in total. The number of hydrogen-bond donors (Lipinski definition) is 2. The second-order valence-corrected chi connectivity index (χ2v) is 6.26. The molecule has 0 aromatic carbocycles. The first-order valence-electron chi connectivity index (χ1n) is 4.56. The predicted octanol–water partition coefficient (Wildman–Crippen LogP) is 2.51. The first-order valence-corrected chi connectivity index (χ1v) is 6.96. The van der Waals surface area contributed by atoms with Crippen molar-refractivity contribution in [3.8, 4) is 0 Å². The van der Waals surface area contributed by atoms with Gasteiger partial charge in [0.2, 0.25) is 0 Å². The molecule has 0 saturated heterocycles. The Balaban J connectivity index is 2.57. The number of halogens is 2. The van der Waals surface area contributed by atoms with Gasteiger partial charge in [-0.2, -0.15) is 0 Å². The van der Waals surface area contributed by atoms with Gasteiger partial charge in [-0.25, -0.2) is 0 Å². The maximum atomic E-state index is 5.72. The minimum absolute atomic E-state index is 0.202. The minimum atomic E-state index is 0.202. The van der Waals surface area contributed by atoms with Crippen molar-refractivity contribution >= 4 is 43.2 Å². The van der Waals surface area contributed by atoms with Crippen LogP contribution in [0.15, 0.2) is 14.3 Å². The van der Waals surface area contributed by atoms with E-state index in [1.54, 1.807) is 18.4 Å². The van der Waals surface area contributed by atoms with Gasteiger partial charge in [-0.05, 0) is 37.9 Å². The van der Waals surface area contributed by atoms with Crippen molar-refractivity contribution in [3.05, 3.63) is 19.2 Å². The Morgan fingerprint density at radius 1 is 1.60 bits per heavy atom. The van der Waals surface area contributed by atoms with E-state index in [2.05, 4.69) is 43.2 Å². The molecule has 86 valence electrons. The van der Waals surface area contributed by atoms with Gasteiger partial charge in [-0.3, -0.25) is 0 Å². The normalized spacial score (nSPS) is 13.1. The maximum Gasteiger partial charge on any atom is 0.0843 e. The van der Waals surface area contributed by atoms with Crippen molar-refractivity contribution in [1.82, 2.24) is 5.32 Å². The van der Waals surface area contributed by atoms with Crippen LogP contribution in [-0.4, -0.2) is 26.8 Å². The first-order chi connectivity index (χ1) is 7.19. The summed E-state index contributed by atoms with van der Waals surface area (Å²) in [7, 11) is 1.69. The van der Waals surface area contributed by atoms with Crippen LogP contribution < -0.4 is 11.1 Å². The van der Waals surface area contributed by atoms with Crippen LogP contribution >= 0.6 is 43.2 Å². The number of nitrogens with two attached hydrogens (primary N) is 1. The topological polar surface area (TPSA) is 47.3 Å². The highest BCUT2D eigenvalue weighted by Gasteiger charge is 2.13. The molecule has 1 rings (SSSR count). The molecule has 0 bridgehead atoms. The highest BCUT2D eigenvalue weighted by atomic mass is 79.9. The highest BCUT2D eigenvalue weighted by molar-refractivity contribution is 9.13. The maximum absolute atomic E-state index is 5.72. The van der Waals surface area contributed by atoms with Gasteiger partial charge in [0.25, 0.3) is 0 Å². The van der Waals surface area contributed by atoms with E-state index in [-0.39, 0.29) is 6.04 Å². The molecule has 0 aliphatic carbocycles. The van der Waals surface area contributed by atoms with Crippen molar-refractivity contribution in [2.24, 2.45) is 5.73 Å². The molecule has 3 N–H and O–H groups in total.